The Kier molecular flexibility index (Phi) is 3.94. The van der Waals surface area contributed by atoms with Crippen LogP contribution in [-0.2, 0) is 9.59 Å². The van der Waals surface area contributed by atoms with Crippen LogP contribution < -0.4 is 10.7 Å². The van der Waals surface area contributed by atoms with Crippen LogP contribution in [0.1, 0.15) is 32.3 Å². The predicted octanol–water partition coefficient (Wildman–Crippen LogP) is 1.90. The monoisotopic (exact) mass is 259 g/mol. The Hall–Kier alpha value is -2.17. The van der Waals surface area contributed by atoms with Crippen LogP contribution in [0.2, 0.25) is 0 Å². The number of nitrogens with zero attached hydrogens (tertiary/aromatic N) is 1. The number of carbonyl (C=O) groups is 2. The van der Waals surface area contributed by atoms with Crippen LogP contribution in [-0.4, -0.2) is 17.5 Å². The summed E-state index contributed by atoms with van der Waals surface area (Å²) in [6.07, 6.45) is 1.96. The van der Waals surface area contributed by atoms with Crippen LogP contribution >= 0.6 is 0 Å². The van der Waals surface area contributed by atoms with Gasteiger partial charge in [-0.2, -0.15) is 5.10 Å². The molecule has 1 aromatic rings. The van der Waals surface area contributed by atoms with Crippen molar-refractivity contribution in [2.75, 3.05) is 5.32 Å². The SMILES string of the molecule is CC(=O)NN=C(C)c1cccc(NC(=O)C2CC2)c1. The molecule has 0 aliphatic heterocycles. The molecule has 0 bridgehead atoms. The maximum absolute atomic E-state index is 11.7. The second-order valence-corrected chi connectivity index (χ2v) is 4.71. The van der Waals surface area contributed by atoms with Gasteiger partial charge in [0.1, 0.15) is 0 Å². The second-order valence-electron chi connectivity index (χ2n) is 4.71. The van der Waals surface area contributed by atoms with Gasteiger partial charge < -0.3 is 5.32 Å². The van der Waals surface area contributed by atoms with Gasteiger partial charge in [0.2, 0.25) is 11.8 Å². The highest BCUT2D eigenvalue weighted by Crippen LogP contribution is 2.30. The number of benzene rings is 1. The standard InChI is InChI=1S/C14H17N3O2/c1-9(16-17-10(2)18)12-4-3-5-13(8-12)15-14(19)11-6-7-11/h3-5,8,11H,6-7H2,1-2H3,(H,15,19)(H,17,18). The minimum atomic E-state index is -0.211. The van der Waals surface area contributed by atoms with E-state index in [9.17, 15) is 9.59 Å². The van der Waals surface area contributed by atoms with Gasteiger partial charge in [0, 0.05) is 18.5 Å². The zero-order valence-electron chi connectivity index (χ0n) is 11.1. The Morgan fingerprint density at radius 2 is 2.00 bits per heavy atom. The van der Waals surface area contributed by atoms with Gasteiger partial charge in [-0.3, -0.25) is 9.59 Å². The number of amides is 2. The molecule has 2 rings (SSSR count). The van der Waals surface area contributed by atoms with Crippen molar-refractivity contribution in [1.29, 1.82) is 0 Å². The van der Waals surface area contributed by atoms with E-state index in [0.29, 0.717) is 5.71 Å². The third-order valence-electron chi connectivity index (χ3n) is 2.88. The fraction of sp³-hybridized carbons (Fsp3) is 0.357. The molecule has 1 fully saturated rings. The summed E-state index contributed by atoms with van der Waals surface area (Å²) >= 11 is 0. The number of rotatable bonds is 4. The largest absolute Gasteiger partial charge is 0.326 e. The maximum atomic E-state index is 11.7. The van der Waals surface area contributed by atoms with E-state index in [0.717, 1.165) is 24.1 Å². The van der Waals surface area contributed by atoms with Gasteiger partial charge >= 0.3 is 0 Å². The van der Waals surface area contributed by atoms with Gasteiger partial charge in [-0.25, -0.2) is 5.43 Å². The first kappa shape index (κ1) is 13.3. The average molecular weight is 259 g/mol. The van der Waals surface area contributed by atoms with E-state index in [1.807, 2.05) is 24.3 Å². The second kappa shape index (κ2) is 5.65. The number of carbonyl (C=O) groups excluding carboxylic acids is 2. The lowest BCUT2D eigenvalue weighted by Crippen LogP contribution is -2.16. The van der Waals surface area contributed by atoms with Crippen LogP contribution in [0.5, 0.6) is 0 Å². The van der Waals surface area contributed by atoms with E-state index >= 15 is 0 Å². The van der Waals surface area contributed by atoms with E-state index in [1.165, 1.54) is 6.92 Å². The molecule has 0 heterocycles. The molecule has 0 unspecified atom stereocenters. The first-order valence-electron chi connectivity index (χ1n) is 6.28. The summed E-state index contributed by atoms with van der Waals surface area (Å²) in [5, 5.41) is 6.85. The van der Waals surface area contributed by atoms with E-state index in [4.69, 9.17) is 0 Å². The molecule has 1 saturated carbocycles. The molecular weight excluding hydrogens is 242 g/mol. The van der Waals surface area contributed by atoms with Crippen LogP contribution in [0.3, 0.4) is 0 Å². The lowest BCUT2D eigenvalue weighted by Gasteiger charge is -2.07. The summed E-state index contributed by atoms with van der Waals surface area (Å²) in [7, 11) is 0. The number of hydrogen-bond acceptors (Lipinski definition) is 3. The number of hydrogen-bond donors (Lipinski definition) is 2. The molecule has 0 atom stereocenters. The van der Waals surface area contributed by atoms with Crippen molar-refractivity contribution in [3.8, 4) is 0 Å². The molecule has 0 saturated heterocycles. The first-order chi connectivity index (χ1) is 9.06. The Bertz CT molecular complexity index is 533. The van der Waals surface area contributed by atoms with E-state index in [-0.39, 0.29) is 17.7 Å². The quantitative estimate of drug-likeness (QED) is 0.640. The first-order valence-corrected chi connectivity index (χ1v) is 6.28. The molecule has 5 heteroatoms. The number of anilines is 1. The highest BCUT2D eigenvalue weighted by atomic mass is 16.2. The van der Waals surface area contributed by atoms with Crippen LogP contribution in [0, 0.1) is 5.92 Å². The normalized spacial score (nSPS) is 14.9. The van der Waals surface area contributed by atoms with Crippen molar-refractivity contribution in [1.82, 2.24) is 5.43 Å². The van der Waals surface area contributed by atoms with Gasteiger partial charge in [-0.05, 0) is 37.5 Å². The number of nitrogens with one attached hydrogen (secondary N) is 2. The Morgan fingerprint density at radius 1 is 1.26 bits per heavy atom. The molecule has 1 aliphatic rings. The van der Waals surface area contributed by atoms with Crippen LogP contribution in [0.15, 0.2) is 29.4 Å². The van der Waals surface area contributed by atoms with Crippen molar-refractivity contribution >= 4 is 23.2 Å². The lowest BCUT2D eigenvalue weighted by molar-refractivity contribution is -0.119. The highest BCUT2D eigenvalue weighted by molar-refractivity contribution is 6.01. The van der Waals surface area contributed by atoms with Gasteiger partial charge in [-0.15, -0.1) is 0 Å². The minimum Gasteiger partial charge on any atom is -0.326 e. The van der Waals surface area contributed by atoms with Gasteiger partial charge in [-0.1, -0.05) is 12.1 Å². The third kappa shape index (κ3) is 3.91. The lowest BCUT2D eigenvalue weighted by atomic mass is 10.1. The van der Waals surface area contributed by atoms with Gasteiger partial charge in [0.05, 0.1) is 5.71 Å². The van der Waals surface area contributed by atoms with Gasteiger partial charge in [0.15, 0.2) is 0 Å². The Balaban J connectivity index is 2.07. The van der Waals surface area contributed by atoms with Crippen molar-refractivity contribution < 1.29 is 9.59 Å². The van der Waals surface area contributed by atoms with Crippen LogP contribution in [0.25, 0.3) is 0 Å². The van der Waals surface area contributed by atoms with Crippen LogP contribution in [0.4, 0.5) is 5.69 Å². The third-order valence-corrected chi connectivity index (χ3v) is 2.88. The molecule has 19 heavy (non-hydrogen) atoms. The van der Waals surface area contributed by atoms with Crippen molar-refractivity contribution in [3.05, 3.63) is 29.8 Å². The molecule has 0 spiro atoms. The van der Waals surface area contributed by atoms with Crippen molar-refractivity contribution in [3.63, 3.8) is 0 Å². The Morgan fingerprint density at radius 3 is 2.63 bits per heavy atom. The summed E-state index contributed by atoms with van der Waals surface area (Å²) < 4.78 is 0. The molecule has 1 aliphatic carbocycles. The molecule has 2 N–H and O–H groups in total. The highest BCUT2D eigenvalue weighted by Gasteiger charge is 2.29. The summed E-state index contributed by atoms with van der Waals surface area (Å²) in [5.41, 5.74) is 4.71. The molecule has 0 radical (unpaired) electrons. The maximum Gasteiger partial charge on any atom is 0.236 e. The van der Waals surface area contributed by atoms with E-state index in [1.54, 1.807) is 6.92 Å². The number of hydrazone groups is 1. The van der Waals surface area contributed by atoms with E-state index < -0.39 is 0 Å². The fourth-order valence-corrected chi connectivity index (χ4v) is 1.64. The smallest absolute Gasteiger partial charge is 0.236 e. The van der Waals surface area contributed by atoms with Crippen molar-refractivity contribution in [2.45, 2.75) is 26.7 Å². The fourth-order valence-electron chi connectivity index (χ4n) is 1.64. The minimum absolute atomic E-state index is 0.0774. The molecule has 2 amide bonds. The molecule has 1 aromatic carbocycles. The predicted molar refractivity (Wildman–Crippen MR) is 73.8 cm³/mol. The van der Waals surface area contributed by atoms with Crippen molar-refractivity contribution in [2.24, 2.45) is 11.0 Å². The summed E-state index contributed by atoms with van der Waals surface area (Å²) in [5.74, 6) is 0.0453. The zero-order chi connectivity index (χ0) is 13.8. The zero-order valence-corrected chi connectivity index (χ0v) is 11.1. The summed E-state index contributed by atoms with van der Waals surface area (Å²) in [4.78, 5) is 22.5. The topological polar surface area (TPSA) is 70.6 Å². The average Bonchev–Trinajstić information content (AvgIpc) is 3.20. The summed E-state index contributed by atoms with van der Waals surface area (Å²) in [6, 6.07) is 7.43. The van der Waals surface area contributed by atoms with Gasteiger partial charge in [0.25, 0.3) is 0 Å². The molecule has 100 valence electrons. The molecule has 0 aromatic heterocycles. The van der Waals surface area contributed by atoms with E-state index in [2.05, 4.69) is 15.8 Å². The Labute approximate surface area is 112 Å². The molecular formula is C14H17N3O2. The summed E-state index contributed by atoms with van der Waals surface area (Å²) in [6.45, 7) is 3.21. The molecule has 5 nitrogen and oxygen atoms in total.